The van der Waals surface area contributed by atoms with Gasteiger partial charge in [-0.15, -0.1) is 0 Å². The fourth-order valence-electron chi connectivity index (χ4n) is 3.31. The molecule has 2 heterocycles. The van der Waals surface area contributed by atoms with Gasteiger partial charge in [0, 0.05) is 42.3 Å². The summed E-state index contributed by atoms with van der Waals surface area (Å²) >= 11 is 0. The first-order valence-corrected chi connectivity index (χ1v) is 9.04. The Morgan fingerprint density at radius 3 is 2.69 bits per heavy atom. The quantitative estimate of drug-likeness (QED) is 0.853. The van der Waals surface area contributed by atoms with Crippen LogP contribution in [-0.4, -0.2) is 17.4 Å². The van der Waals surface area contributed by atoms with Crippen molar-refractivity contribution in [2.24, 2.45) is 11.7 Å². The van der Waals surface area contributed by atoms with Gasteiger partial charge in [-0.2, -0.15) is 0 Å². The Hall–Kier alpha value is -2.82. The first-order chi connectivity index (χ1) is 12.5. The molecule has 1 amide bonds. The number of aryl methyl sites for hydroxylation is 1. The number of hydrogen-bond acceptors (Lipinski definition) is 4. The molecule has 26 heavy (non-hydrogen) atoms. The molecule has 0 bridgehead atoms. The topological polar surface area (TPSA) is 71.2 Å². The number of allylic oxidation sites excluding steroid dienone is 1. The molecule has 5 heteroatoms. The summed E-state index contributed by atoms with van der Waals surface area (Å²) in [6.45, 7) is 6.92. The van der Waals surface area contributed by atoms with Gasteiger partial charge in [0.1, 0.15) is 5.82 Å². The van der Waals surface area contributed by atoms with Crippen molar-refractivity contribution in [1.29, 1.82) is 0 Å². The summed E-state index contributed by atoms with van der Waals surface area (Å²) in [4.78, 5) is 18.7. The van der Waals surface area contributed by atoms with Crippen molar-refractivity contribution in [3.63, 3.8) is 0 Å². The van der Waals surface area contributed by atoms with Crippen LogP contribution in [0.2, 0.25) is 0 Å². The van der Waals surface area contributed by atoms with Crippen molar-refractivity contribution >= 4 is 17.4 Å². The molecule has 1 fully saturated rings. The van der Waals surface area contributed by atoms with Gasteiger partial charge in [-0.1, -0.05) is 19.4 Å². The number of aromatic nitrogens is 1. The van der Waals surface area contributed by atoms with E-state index < -0.39 is 0 Å². The molecular formula is C21H26N4O. The normalized spacial score (nSPS) is 17.7. The van der Waals surface area contributed by atoms with Crippen LogP contribution >= 0.6 is 0 Å². The number of carbonyl (C=O) groups is 1. The lowest BCUT2D eigenvalue weighted by Gasteiger charge is -2.20. The van der Waals surface area contributed by atoms with Crippen molar-refractivity contribution in [3.05, 3.63) is 54.0 Å². The van der Waals surface area contributed by atoms with Crippen LogP contribution in [0.1, 0.15) is 32.3 Å². The van der Waals surface area contributed by atoms with E-state index in [1.165, 1.54) is 6.20 Å². The predicted octanol–water partition coefficient (Wildman–Crippen LogP) is 4.05. The fourth-order valence-corrected chi connectivity index (χ4v) is 3.31. The minimum Gasteiger partial charge on any atom is -0.403 e. The van der Waals surface area contributed by atoms with Crippen LogP contribution in [-0.2, 0) is 4.79 Å². The second-order valence-corrected chi connectivity index (χ2v) is 6.89. The van der Waals surface area contributed by atoms with Crippen molar-refractivity contribution in [2.75, 3.05) is 16.8 Å². The molecule has 136 valence electrons. The number of nitrogens with zero attached hydrogens (tertiary/aromatic N) is 2. The summed E-state index contributed by atoms with van der Waals surface area (Å²) in [5.41, 5.74) is 10.6. The Morgan fingerprint density at radius 2 is 2.12 bits per heavy atom. The molecule has 3 N–H and O–H groups in total. The number of benzene rings is 1. The molecule has 0 radical (unpaired) electrons. The first-order valence-electron chi connectivity index (χ1n) is 9.04. The van der Waals surface area contributed by atoms with Gasteiger partial charge in [-0.25, -0.2) is 4.98 Å². The smallest absolute Gasteiger partial charge is 0.227 e. The predicted molar refractivity (Wildman–Crippen MR) is 107 cm³/mol. The number of carbonyl (C=O) groups excluding carboxylic acids is 1. The van der Waals surface area contributed by atoms with Crippen molar-refractivity contribution in [2.45, 2.75) is 33.6 Å². The zero-order valence-electron chi connectivity index (χ0n) is 15.6. The largest absolute Gasteiger partial charge is 0.403 e. The lowest BCUT2D eigenvalue weighted by atomic mass is 10.0. The summed E-state index contributed by atoms with van der Waals surface area (Å²) in [6.07, 6.45) is 5.06. The highest BCUT2D eigenvalue weighted by atomic mass is 16.2. The van der Waals surface area contributed by atoms with Crippen LogP contribution in [0.5, 0.6) is 0 Å². The van der Waals surface area contributed by atoms with Gasteiger partial charge < -0.3 is 16.0 Å². The molecule has 1 aromatic heterocycles. The number of rotatable bonds is 5. The second-order valence-electron chi connectivity index (χ2n) is 6.89. The van der Waals surface area contributed by atoms with Gasteiger partial charge in [-0.05, 0) is 55.2 Å². The van der Waals surface area contributed by atoms with E-state index in [9.17, 15) is 4.79 Å². The van der Waals surface area contributed by atoms with E-state index in [1.54, 1.807) is 0 Å². The van der Waals surface area contributed by atoms with Crippen LogP contribution in [0, 0.1) is 12.8 Å². The van der Waals surface area contributed by atoms with E-state index in [0.29, 0.717) is 12.3 Å². The molecule has 1 unspecified atom stereocenters. The molecule has 3 rings (SSSR count). The van der Waals surface area contributed by atoms with Gasteiger partial charge in [0.25, 0.3) is 0 Å². The molecule has 1 atom stereocenters. The molecular weight excluding hydrogens is 324 g/mol. The van der Waals surface area contributed by atoms with Crippen LogP contribution in [0.3, 0.4) is 0 Å². The van der Waals surface area contributed by atoms with Gasteiger partial charge in [0.2, 0.25) is 5.91 Å². The van der Waals surface area contributed by atoms with E-state index in [1.807, 2.05) is 36.2 Å². The Bertz CT molecular complexity index is 826. The molecule has 0 spiro atoms. The highest BCUT2D eigenvalue weighted by molar-refractivity contribution is 5.96. The Morgan fingerprint density at radius 1 is 1.35 bits per heavy atom. The maximum Gasteiger partial charge on any atom is 0.227 e. The highest BCUT2D eigenvalue weighted by Crippen LogP contribution is 2.32. The summed E-state index contributed by atoms with van der Waals surface area (Å²) in [6, 6.07) is 10.2. The minimum atomic E-state index is 0.230. The van der Waals surface area contributed by atoms with E-state index in [-0.39, 0.29) is 5.91 Å². The Balaban J connectivity index is 1.80. The summed E-state index contributed by atoms with van der Waals surface area (Å²) < 4.78 is 0. The van der Waals surface area contributed by atoms with Crippen LogP contribution < -0.4 is 16.0 Å². The van der Waals surface area contributed by atoms with Gasteiger partial charge in [0.05, 0.1) is 0 Å². The number of nitrogens with one attached hydrogen (secondary N) is 1. The zero-order valence-corrected chi connectivity index (χ0v) is 15.6. The Labute approximate surface area is 154 Å². The molecule has 1 aliphatic rings. The SMILES string of the molecule is CCC1CC(=O)N(c2ccc(-c3ccc(N/C(C)=C\N)nc3)cc2C)C1. The van der Waals surface area contributed by atoms with Gasteiger partial charge >= 0.3 is 0 Å². The minimum absolute atomic E-state index is 0.230. The van der Waals surface area contributed by atoms with E-state index in [0.717, 1.165) is 46.9 Å². The van der Waals surface area contributed by atoms with Crippen molar-refractivity contribution in [1.82, 2.24) is 4.98 Å². The maximum absolute atomic E-state index is 12.3. The summed E-state index contributed by atoms with van der Waals surface area (Å²) in [5, 5.41) is 3.12. The molecule has 0 aliphatic carbocycles. The standard InChI is InChI=1S/C21H26N4O/c1-4-16-10-21(26)25(13-16)19-7-5-17(9-14(19)2)18-6-8-20(23-12-18)24-15(3)11-22/h5-9,11-12,16H,4,10,13,22H2,1-3H3,(H,23,24)/b15-11-. The third-order valence-electron chi connectivity index (χ3n) is 4.94. The molecule has 0 saturated carbocycles. The van der Waals surface area contributed by atoms with E-state index >= 15 is 0 Å². The fraction of sp³-hybridized carbons (Fsp3) is 0.333. The van der Waals surface area contributed by atoms with Gasteiger partial charge in [-0.3, -0.25) is 4.79 Å². The highest BCUT2D eigenvalue weighted by Gasteiger charge is 2.30. The molecule has 1 aromatic carbocycles. The average Bonchev–Trinajstić information content (AvgIpc) is 3.03. The summed E-state index contributed by atoms with van der Waals surface area (Å²) in [7, 11) is 0. The molecule has 1 saturated heterocycles. The number of amides is 1. The number of pyridine rings is 1. The third kappa shape index (κ3) is 3.72. The van der Waals surface area contributed by atoms with E-state index in [4.69, 9.17) is 5.73 Å². The first kappa shape index (κ1) is 18.0. The lowest BCUT2D eigenvalue weighted by Crippen LogP contribution is -2.25. The maximum atomic E-state index is 12.3. The second kappa shape index (κ2) is 7.60. The lowest BCUT2D eigenvalue weighted by molar-refractivity contribution is -0.117. The number of hydrogen-bond donors (Lipinski definition) is 2. The zero-order chi connectivity index (χ0) is 18.7. The third-order valence-corrected chi connectivity index (χ3v) is 4.94. The molecule has 2 aromatic rings. The average molecular weight is 350 g/mol. The van der Waals surface area contributed by atoms with Crippen molar-refractivity contribution < 1.29 is 4.79 Å². The van der Waals surface area contributed by atoms with Crippen LogP contribution in [0.25, 0.3) is 11.1 Å². The van der Waals surface area contributed by atoms with Crippen LogP contribution in [0.4, 0.5) is 11.5 Å². The van der Waals surface area contributed by atoms with Crippen molar-refractivity contribution in [3.8, 4) is 11.1 Å². The monoisotopic (exact) mass is 350 g/mol. The Kier molecular flexibility index (Phi) is 5.26. The number of anilines is 2. The number of nitrogens with two attached hydrogens (primary N) is 1. The molecule has 1 aliphatic heterocycles. The van der Waals surface area contributed by atoms with Gasteiger partial charge in [0.15, 0.2) is 0 Å². The van der Waals surface area contributed by atoms with Crippen LogP contribution in [0.15, 0.2) is 48.4 Å². The van der Waals surface area contributed by atoms with E-state index in [2.05, 4.69) is 36.3 Å². The summed E-state index contributed by atoms with van der Waals surface area (Å²) in [5.74, 6) is 1.46. The molecule has 5 nitrogen and oxygen atoms in total.